The van der Waals surface area contributed by atoms with Crippen molar-refractivity contribution in [1.82, 2.24) is 14.9 Å². The Hall–Kier alpha value is -3.81. The molecule has 0 bridgehead atoms. The summed E-state index contributed by atoms with van der Waals surface area (Å²) in [4.78, 5) is 34.2. The van der Waals surface area contributed by atoms with Crippen LogP contribution in [0.3, 0.4) is 0 Å². The van der Waals surface area contributed by atoms with Gasteiger partial charge in [0.2, 0.25) is 0 Å². The zero-order valence-corrected chi connectivity index (χ0v) is 16.7. The Kier molecular flexibility index (Phi) is 5.38. The number of ether oxygens (including phenoxy) is 2. The van der Waals surface area contributed by atoms with Crippen molar-refractivity contribution in [2.45, 2.75) is 12.5 Å². The minimum absolute atomic E-state index is 0.240. The van der Waals surface area contributed by atoms with Gasteiger partial charge in [0.15, 0.2) is 0 Å². The Morgan fingerprint density at radius 1 is 1.10 bits per heavy atom. The highest BCUT2D eigenvalue weighted by atomic mass is 16.5. The van der Waals surface area contributed by atoms with Crippen LogP contribution < -0.4 is 10.1 Å². The fourth-order valence-corrected chi connectivity index (χ4v) is 3.62. The summed E-state index contributed by atoms with van der Waals surface area (Å²) in [5, 5.41) is 2.91. The number of urea groups is 1. The lowest BCUT2D eigenvalue weighted by molar-refractivity contribution is 0.0600. The first-order valence-electron chi connectivity index (χ1n) is 9.53. The minimum atomic E-state index is -0.422. The highest BCUT2D eigenvalue weighted by Crippen LogP contribution is 2.34. The first-order valence-corrected chi connectivity index (χ1v) is 9.53. The van der Waals surface area contributed by atoms with Crippen LogP contribution in [0.5, 0.6) is 5.75 Å². The Bertz CT molecular complexity index is 1040. The van der Waals surface area contributed by atoms with Crippen LogP contribution in [0.25, 0.3) is 0 Å². The van der Waals surface area contributed by atoms with Gasteiger partial charge in [0.25, 0.3) is 0 Å². The van der Waals surface area contributed by atoms with E-state index >= 15 is 0 Å². The summed E-state index contributed by atoms with van der Waals surface area (Å²) in [6.07, 6.45) is 2.35. The smallest absolute Gasteiger partial charge is 0.337 e. The molecule has 0 fully saturated rings. The van der Waals surface area contributed by atoms with Crippen molar-refractivity contribution in [3.05, 3.63) is 77.4 Å². The number of benzene rings is 2. The number of methoxy groups -OCH3 is 2. The van der Waals surface area contributed by atoms with Gasteiger partial charge in [0.05, 0.1) is 31.8 Å². The van der Waals surface area contributed by atoms with E-state index in [4.69, 9.17) is 9.47 Å². The average Bonchev–Trinajstić information content (AvgIpc) is 3.27. The molecule has 30 heavy (non-hydrogen) atoms. The van der Waals surface area contributed by atoms with Crippen molar-refractivity contribution in [2.75, 3.05) is 26.1 Å². The van der Waals surface area contributed by atoms with Gasteiger partial charge in [-0.05, 0) is 42.0 Å². The van der Waals surface area contributed by atoms with Crippen LogP contribution in [-0.2, 0) is 11.2 Å². The lowest BCUT2D eigenvalue weighted by atomic mass is 9.96. The number of fused-ring (bicyclic) bond motifs is 1. The Balaban J connectivity index is 1.59. The molecule has 0 spiro atoms. The molecular formula is C22H22N4O4. The van der Waals surface area contributed by atoms with E-state index in [0.29, 0.717) is 24.2 Å². The summed E-state index contributed by atoms with van der Waals surface area (Å²) in [6.45, 7) is 0.540. The van der Waals surface area contributed by atoms with Crippen molar-refractivity contribution in [1.29, 1.82) is 0 Å². The van der Waals surface area contributed by atoms with Crippen LogP contribution in [0.1, 0.15) is 33.4 Å². The molecule has 1 aliphatic heterocycles. The second-order valence-corrected chi connectivity index (χ2v) is 6.88. The monoisotopic (exact) mass is 406 g/mol. The highest BCUT2D eigenvalue weighted by Gasteiger charge is 2.34. The number of aromatic amines is 1. The van der Waals surface area contributed by atoms with Gasteiger partial charge in [0.1, 0.15) is 11.8 Å². The number of amides is 2. The molecule has 154 valence electrons. The predicted molar refractivity (Wildman–Crippen MR) is 111 cm³/mol. The van der Waals surface area contributed by atoms with Gasteiger partial charge in [0, 0.05) is 24.3 Å². The van der Waals surface area contributed by atoms with Crippen molar-refractivity contribution >= 4 is 17.7 Å². The van der Waals surface area contributed by atoms with E-state index in [9.17, 15) is 9.59 Å². The van der Waals surface area contributed by atoms with Crippen molar-refractivity contribution in [2.24, 2.45) is 0 Å². The number of carbonyl (C=O) groups is 2. The van der Waals surface area contributed by atoms with Gasteiger partial charge in [-0.1, -0.05) is 12.1 Å². The molecule has 2 aromatic carbocycles. The number of hydrogen-bond donors (Lipinski definition) is 2. The zero-order valence-electron chi connectivity index (χ0n) is 16.7. The van der Waals surface area contributed by atoms with E-state index in [-0.39, 0.29) is 12.1 Å². The highest BCUT2D eigenvalue weighted by molar-refractivity contribution is 5.92. The number of hydrogen-bond acceptors (Lipinski definition) is 5. The fourth-order valence-electron chi connectivity index (χ4n) is 3.62. The summed E-state index contributed by atoms with van der Waals surface area (Å²) in [5.41, 5.74) is 3.82. The van der Waals surface area contributed by atoms with E-state index in [2.05, 4.69) is 15.3 Å². The first-order chi connectivity index (χ1) is 14.6. The number of carbonyl (C=O) groups excluding carboxylic acids is 2. The summed E-state index contributed by atoms with van der Waals surface area (Å²) < 4.78 is 9.96. The van der Waals surface area contributed by atoms with Gasteiger partial charge in [-0.3, -0.25) is 0 Å². The molecule has 8 nitrogen and oxygen atoms in total. The molecule has 0 saturated heterocycles. The largest absolute Gasteiger partial charge is 0.497 e. The molecule has 0 radical (unpaired) electrons. The molecule has 2 N–H and O–H groups in total. The number of aromatic nitrogens is 2. The topological polar surface area (TPSA) is 96.6 Å². The lowest BCUT2D eigenvalue weighted by Gasteiger charge is -2.35. The van der Waals surface area contributed by atoms with E-state index in [1.807, 2.05) is 24.3 Å². The number of H-pyrrole nitrogens is 1. The van der Waals surface area contributed by atoms with Crippen LogP contribution in [-0.4, -0.2) is 47.6 Å². The maximum absolute atomic E-state index is 13.1. The normalized spacial score (nSPS) is 15.3. The van der Waals surface area contributed by atoms with Crippen LogP contribution >= 0.6 is 0 Å². The van der Waals surface area contributed by atoms with E-state index in [1.165, 1.54) is 7.11 Å². The van der Waals surface area contributed by atoms with Crippen LogP contribution in [0.2, 0.25) is 0 Å². The van der Waals surface area contributed by atoms with E-state index < -0.39 is 5.97 Å². The predicted octanol–water partition coefficient (Wildman–Crippen LogP) is 3.38. The fraction of sp³-hybridized carbons (Fsp3) is 0.227. The molecule has 4 rings (SSSR count). The maximum atomic E-state index is 13.1. The summed E-state index contributed by atoms with van der Waals surface area (Å²) in [7, 11) is 2.95. The van der Waals surface area contributed by atoms with Gasteiger partial charge in [-0.15, -0.1) is 0 Å². The molecule has 0 aliphatic carbocycles. The molecule has 1 aliphatic rings. The third-order valence-electron chi connectivity index (χ3n) is 5.17. The quantitative estimate of drug-likeness (QED) is 0.648. The molecule has 3 aromatic rings. The number of rotatable bonds is 4. The molecule has 1 aromatic heterocycles. The molecule has 2 amide bonds. The molecule has 8 heteroatoms. The third kappa shape index (κ3) is 3.71. The standard InChI is InChI=1S/C22H22N4O4/c1-29-17-9-5-14(6-10-17)20-19-18(23-13-24-19)11-12-26(20)22(28)25-16-7-3-15(4-8-16)21(27)30-2/h3-10,13,20H,11-12H2,1-2H3,(H,23,24)(H,25,28). The number of esters is 1. The second-order valence-electron chi connectivity index (χ2n) is 6.88. The van der Waals surface area contributed by atoms with Gasteiger partial charge in [-0.25, -0.2) is 14.6 Å². The molecule has 1 unspecified atom stereocenters. The van der Waals surface area contributed by atoms with Crippen molar-refractivity contribution in [3.63, 3.8) is 0 Å². The summed E-state index contributed by atoms with van der Waals surface area (Å²) in [5.74, 6) is 0.327. The van der Waals surface area contributed by atoms with Gasteiger partial charge >= 0.3 is 12.0 Å². The molecular weight excluding hydrogens is 384 g/mol. The van der Waals surface area contributed by atoms with Gasteiger partial charge in [-0.2, -0.15) is 0 Å². The number of imidazole rings is 1. The summed E-state index contributed by atoms with van der Waals surface area (Å²) in [6, 6.07) is 13.7. The number of anilines is 1. The summed E-state index contributed by atoms with van der Waals surface area (Å²) >= 11 is 0. The second kappa shape index (κ2) is 8.28. The minimum Gasteiger partial charge on any atom is -0.497 e. The van der Waals surface area contributed by atoms with Gasteiger partial charge < -0.3 is 24.7 Å². The van der Waals surface area contributed by atoms with Crippen molar-refractivity contribution < 1.29 is 19.1 Å². The molecule has 2 heterocycles. The van der Waals surface area contributed by atoms with Crippen LogP contribution in [0.4, 0.5) is 10.5 Å². The zero-order chi connectivity index (χ0) is 21.1. The molecule has 1 atom stereocenters. The maximum Gasteiger partial charge on any atom is 0.337 e. The first kappa shape index (κ1) is 19.5. The Morgan fingerprint density at radius 3 is 2.50 bits per heavy atom. The Labute approximate surface area is 173 Å². The van der Waals surface area contributed by atoms with E-state index in [0.717, 1.165) is 22.7 Å². The van der Waals surface area contributed by atoms with Crippen LogP contribution in [0.15, 0.2) is 54.9 Å². The Morgan fingerprint density at radius 2 is 1.83 bits per heavy atom. The van der Waals surface area contributed by atoms with E-state index in [1.54, 1.807) is 42.6 Å². The number of nitrogens with one attached hydrogen (secondary N) is 2. The van der Waals surface area contributed by atoms with Crippen molar-refractivity contribution in [3.8, 4) is 5.75 Å². The van der Waals surface area contributed by atoms with Crippen LogP contribution in [0, 0.1) is 0 Å². The lowest BCUT2D eigenvalue weighted by Crippen LogP contribution is -2.43. The average molecular weight is 406 g/mol. The molecule has 0 saturated carbocycles. The number of nitrogens with zero attached hydrogens (tertiary/aromatic N) is 2. The SMILES string of the molecule is COC(=O)c1ccc(NC(=O)N2CCc3[nH]cnc3C2c2ccc(OC)cc2)cc1. The third-order valence-corrected chi connectivity index (χ3v) is 5.17.